The zero-order valence-corrected chi connectivity index (χ0v) is 16.6. The minimum Gasteiger partial charge on any atom is -0.386 e. The second-order valence-corrected chi connectivity index (χ2v) is 8.45. The molecule has 2 aromatic rings. The van der Waals surface area contributed by atoms with Crippen LogP contribution in [0.2, 0.25) is 4.34 Å². The molecule has 0 aromatic carbocycles. The van der Waals surface area contributed by atoms with E-state index in [1.807, 2.05) is 12.1 Å². The Morgan fingerprint density at radius 3 is 2.72 bits per heavy atom. The molecule has 3 rings (SSSR count). The Bertz CT molecular complexity index is 681. The van der Waals surface area contributed by atoms with Gasteiger partial charge in [0.2, 0.25) is 0 Å². The van der Waals surface area contributed by atoms with E-state index in [9.17, 15) is 5.11 Å². The molecule has 8 heteroatoms. The molecule has 5 nitrogen and oxygen atoms in total. The third kappa shape index (κ3) is 4.88. The van der Waals surface area contributed by atoms with Gasteiger partial charge in [0.05, 0.1) is 15.9 Å². The summed E-state index contributed by atoms with van der Waals surface area (Å²) < 4.78 is 0.689. The monoisotopic (exact) mass is 398 g/mol. The van der Waals surface area contributed by atoms with Gasteiger partial charge in [-0.05, 0) is 36.6 Å². The molecule has 1 fully saturated rings. The minimum absolute atomic E-state index is 0.338. The number of piperazine rings is 1. The summed E-state index contributed by atoms with van der Waals surface area (Å²) in [6.07, 6.45) is -0.612. The maximum atomic E-state index is 10.3. The number of thiophene rings is 2. The van der Waals surface area contributed by atoms with Crippen LogP contribution in [0.15, 0.2) is 34.6 Å². The van der Waals surface area contributed by atoms with Crippen molar-refractivity contribution in [2.75, 3.05) is 44.2 Å². The Hall–Kier alpha value is -1.28. The first-order valence-corrected chi connectivity index (χ1v) is 10.5. The van der Waals surface area contributed by atoms with Crippen LogP contribution in [0.5, 0.6) is 0 Å². The van der Waals surface area contributed by atoms with Crippen LogP contribution < -0.4 is 10.2 Å². The molecule has 0 aliphatic carbocycles. The summed E-state index contributed by atoms with van der Waals surface area (Å²) in [7, 11) is 0. The molecule has 0 bridgehead atoms. The van der Waals surface area contributed by atoms with Gasteiger partial charge in [0.25, 0.3) is 0 Å². The molecular formula is C17H23ClN4OS2. The molecule has 1 saturated heterocycles. The van der Waals surface area contributed by atoms with Crippen LogP contribution in [0.4, 0.5) is 5.00 Å². The van der Waals surface area contributed by atoms with Crippen molar-refractivity contribution in [3.8, 4) is 0 Å². The molecular weight excluding hydrogens is 376 g/mol. The second-order valence-electron chi connectivity index (χ2n) is 5.78. The molecule has 1 aliphatic heterocycles. The summed E-state index contributed by atoms with van der Waals surface area (Å²) in [6, 6.07) is 7.93. The Morgan fingerprint density at radius 1 is 1.32 bits per heavy atom. The summed E-state index contributed by atoms with van der Waals surface area (Å²) in [5, 5.41) is 17.1. The first kappa shape index (κ1) is 18.5. The molecule has 1 aliphatic rings. The summed E-state index contributed by atoms with van der Waals surface area (Å²) in [5.41, 5.74) is 0. The molecule has 0 spiro atoms. The first-order valence-electron chi connectivity index (χ1n) is 8.42. The van der Waals surface area contributed by atoms with E-state index in [1.165, 1.54) is 16.3 Å². The molecule has 25 heavy (non-hydrogen) atoms. The van der Waals surface area contributed by atoms with Gasteiger partial charge in [-0.3, -0.25) is 4.99 Å². The molecule has 1 atom stereocenters. The normalized spacial score (nSPS) is 17.0. The highest BCUT2D eigenvalue weighted by Gasteiger charge is 2.20. The van der Waals surface area contributed by atoms with Gasteiger partial charge in [-0.15, -0.1) is 22.7 Å². The predicted octanol–water partition coefficient (Wildman–Crippen LogP) is 3.28. The number of rotatable bonds is 5. The summed E-state index contributed by atoms with van der Waals surface area (Å²) in [4.78, 5) is 10.2. The molecule has 3 heterocycles. The molecule has 0 amide bonds. The summed E-state index contributed by atoms with van der Waals surface area (Å²) in [5.74, 6) is 0.870. The van der Waals surface area contributed by atoms with Crippen LogP contribution in [0, 0.1) is 0 Å². The Kier molecular flexibility index (Phi) is 6.58. The Labute approximate surface area is 161 Å². The van der Waals surface area contributed by atoms with Gasteiger partial charge in [-0.25, -0.2) is 0 Å². The molecule has 2 aromatic heterocycles. The lowest BCUT2D eigenvalue weighted by Gasteiger charge is -2.37. The lowest BCUT2D eigenvalue weighted by Crippen LogP contribution is -2.52. The van der Waals surface area contributed by atoms with Gasteiger partial charge < -0.3 is 20.2 Å². The molecule has 1 unspecified atom stereocenters. The van der Waals surface area contributed by atoms with Crippen LogP contribution in [-0.4, -0.2) is 55.2 Å². The third-order valence-electron chi connectivity index (χ3n) is 4.07. The molecule has 136 valence electrons. The minimum atomic E-state index is -0.612. The number of halogens is 1. The van der Waals surface area contributed by atoms with Crippen molar-refractivity contribution in [2.45, 2.75) is 13.0 Å². The number of guanidine groups is 1. The zero-order valence-electron chi connectivity index (χ0n) is 14.2. The number of hydrogen-bond acceptors (Lipinski definition) is 5. The number of nitrogens with zero attached hydrogens (tertiary/aromatic N) is 3. The number of anilines is 1. The predicted molar refractivity (Wildman–Crippen MR) is 108 cm³/mol. The summed E-state index contributed by atoms with van der Waals surface area (Å²) >= 11 is 9.13. The maximum absolute atomic E-state index is 10.3. The largest absolute Gasteiger partial charge is 0.386 e. The SMILES string of the molecule is CCNC(=NCC(O)c1ccc(Cl)s1)N1CCN(c2cccs2)CC1. The fraction of sp³-hybridized carbons (Fsp3) is 0.471. The Balaban J connectivity index is 1.59. The van der Waals surface area contributed by atoms with Gasteiger partial charge in [0, 0.05) is 37.6 Å². The number of aliphatic imine (C=N–C) groups is 1. The number of hydrogen-bond donors (Lipinski definition) is 2. The first-order chi connectivity index (χ1) is 12.2. The van der Waals surface area contributed by atoms with Crippen molar-refractivity contribution in [1.82, 2.24) is 10.2 Å². The van der Waals surface area contributed by atoms with Crippen molar-refractivity contribution < 1.29 is 5.11 Å². The smallest absolute Gasteiger partial charge is 0.194 e. The average Bonchev–Trinajstić information content (AvgIpc) is 3.30. The van der Waals surface area contributed by atoms with Crippen molar-refractivity contribution in [1.29, 1.82) is 0 Å². The zero-order chi connectivity index (χ0) is 17.6. The molecule has 2 N–H and O–H groups in total. The number of nitrogens with one attached hydrogen (secondary N) is 1. The van der Waals surface area contributed by atoms with Crippen molar-refractivity contribution in [2.24, 2.45) is 4.99 Å². The fourth-order valence-electron chi connectivity index (χ4n) is 2.78. The number of aliphatic hydroxyl groups is 1. The third-order valence-corrected chi connectivity index (χ3v) is 6.33. The molecule has 0 saturated carbocycles. The van der Waals surface area contributed by atoms with Gasteiger partial charge in [0.15, 0.2) is 5.96 Å². The van der Waals surface area contributed by atoms with Gasteiger partial charge in [-0.2, -0.15) is 0 Å². The van der Waals surface area contributed by atoms with Gasteiger partial charge in [0.1, 0.15) is 6.10 Å². The number of aliphatic hydroxyl groups excluding tert-OH is 1. The van der Waals surface area contributed by atoms with E-state index < -0.39 is 6.10 Å². The molecule has 0 radical (unpaired) electrons. The van der Waals surface area contributed by atoms with E-state index in [1.54, 1.807) is 11.3 Å². The van der Waals surface area contributed by atoms with Crippen LogP contribution in [-0.2, 0) is 0 Å². The lowest BCUT2D eigenvalue weighted by molar-refractivity contribution is 0.190. The highest BCUT2D eigenvalue weighted by atomic mass is 35.5. The van der Waals surface area contributed by atoms with E-state index in [0.29, 0.717) is 10.9 Å². The van der Waals surface area contributed by atoms with Crippen molar-refractivity contribution in [3.63, 3.8) is 0 Å². The van der Waals surface area contributed by atoms with Crippen LogP contribution in [0.3, 0.4) is 0 Å². The highest BCUT2D eigenvalue weighted by Crippen LogP contribution is 2.27. The topological polar surface area (TPSA) is 51.1 Å². The van der Waals surface area contributed by atoms with Crippen LogP contribution in [0.1, 0.15) is 17.9 Å². The standard InChI is InChI=1S/C17H23ClN4OS2/c1-2-19-17(20-12-13(23)14-5-6-15(18)25-14)22-9-7-21(8-10-22)16-4-3-11-24-16/h3-6,11,13,23H,2,7-10,12H2,1H3,(H,19,20). The average molecular weight is 399 g/mol. The van der Waals surface area contributed by atoms with Crippen molar-refractivity contribution >= 4 is 45.2 Å². The van der Waals surface area contributed by atoms with Gasteiger partial charge >= 0.3 is 0 Å². The van der Waals surface area contributed by atoms with E-state index >= 15 is 0 Å². The quantitative estimate of drug-likeness (QED) is 0.599. The lowest BCUT2D eigenvalue weighted by atomic mass is 10.3. The second kappa shape index (κ2) is 8.89. The fourth-order valence-corrected chi connectivity index (χ4v) is 4.61. The van der Waals surface area contributed by atoms with Gasteiger partial charge in [-0.1, -0.05) is 11.6 Å². The van der Waals surface area contributed by atoms with E-state index in [0.717, 1.165) is 43.6 Å². The van der Waals surface area contributed by atoms with E-state index in [2.05, 4.69) is 44.5 Å². The highest BCUT2D eigenvalue weighted by molar-refractivity contribution is 7.16. The van der Waals surface area contributed by atoms with Crippen molar-refractivity contribution in [3.05, 3.63) is 38.9 Å². The van der Waals surface area contributed by atoms with Crippen LogP contribution >= 0.6 is 34.3 Å². The Morgan fingerprint density at radius 2 is 2.12 bits per heavy atom. The maximum Gasteiger partial charge on any atom is 0.194 e. The van der Waals surface area contributed by atoms with E-state index in [4.69, 9.17) is 11.6 Å². The summed E-state index contributed by atoms with van der Waals surface area (Å²) in [6.45, 7) is 7.01. The van der Waals surface area contributed by atoms with Crippen LogP contribution in [0.25, 0.3) is 0 Å². The van der Waals surface area contributed by atoms with E-state index in [-0.39, 0.29) is 0 Å².